The van der Waals surface area contributed by atoms with Crippen LogP contribution in [0.15, 0.2) is 42.6 Å². The molecule has 1 aromatic heterocycles. The van der Waals surface area contributed by atoms with Gasteiger partial charge in [0.1, 0.15) is 18.1 Å². The van der Waals surface area contributed by atoms with Crippen molar-refractivity contribution >= 4 is 17.5 Å². The third-order valence-electron chi connectivity index (χ3n) is 5.70. The summed E-state index contributed by atoms with van der Waals surface area (Å²) in [6.45, 7) is 3.50. The Kier molecular flexibility index (Phi) is 5.32. The van der Waals surface area contributed by atoms with Gasteiger partial charge in [-0.05, 0) is 62.1 Å². The number of pyridine rings is 1. The molecule has 0 saturated carbocycles. The van der Waals surface area contributed by atoms with Crippen molar-refractivity contribution in [1.82, 2.24) is 9.88 Å². The zero-order valence-corrected chi connectivity index (χ0v) is 16.4. The molecule has 1 aromatic carbocycles. The second-order valence-electron chi connectivity index (χ2n) is 7.79. The summed E-state index contributed by atoms with van der Waals surface area (Å²) in [6, 6.07) is 9.57. The summed E-state index contributed by atoms with van der Waals surface area (Å²) in [7, 11) is 0. The number of likely N-dealkylation sites (tertiary alicyclic amines) is 1. The van der Waals surface area contributed by atoms with E-state index in [9.17, 15) is 14.0 Å². The van der Waals surface area contributed by atoms with E-state index < -0.39 is 5.60 Å². The first-order chi connectivity index (χ1) is 14.0. The number of nitrogens with zero attached hydrogens (tertiary/aromatic N) is 3. The van der Waals surface area contributed by atoms with Crippen molar-refractivity contribution in [1.29, 1.82) is 0 Å². The van der Waals surface area contributed by atoms with Crippen LogP contribution >= 0.6 is 0 Å². The molecule has 6 nitrogen and oxygen atoms in total. The lowest BCUT2D eigenvalue weighted by molar-refractivity contribution is -0.140. The van der Waals surface area contributed by atoms with Crippen molar-refractivity contribution in [2.75, 3.05) is 31.1 Å². The average Bonchev–Trinajstić information content (AvgIpc) is 2.93. The van der Waals surface area contributed by atoms with Crippen LogP contribution in [0.1, 0.15) is 35.3 Å². The van der Waals surface area contributed by atoms with Crippen molar-refractivity contribution in [2.24, 2.45) is 0 Å². The van der Waals surface area contributed by atoms with Crippen LogP contribution in [-0.4, -0.2) is 53.5 Å². The molecule has 4 rings (SSSR count). The third kappa shape index (κ3) is 4.15. The Hall–Kier alpha value is -2.80. The number of rotatable bonds is 2. The summed E-state index contributed by atoms with van der Waals surface area (Å²) >= 11 is 0. The van der Waals surface area contributed by atoms with Crippen LogP contribution < -0.4 is 4.90 Å². The summed E-state index contributed by atoms with van der Waals surface area (Å²) < 4.78 is 19.3. The Morgan fingerprint density at radius 1 is 1.14 bits per heavy atom. The van der Waals surface area contributed by atoms with Crippen molar-refractivity contribution < 1.29 is 18.7 Å². The molecule has 7 heteroatoms. The van der Waals surface area contributed by atoms with Gasteiger partial charge in [-0.15, -0.1) is 0 Å². The minimum Gasteiger partial charge on any atom is -0.363 e. The monoisotopic (exact) mass is 397 g/mol. The maximum Gasteiger partial charge on any atom is 0.272 e. The molecular weight excluding hydrogens is 373 g/mol. The quantitative estimate of drug-likeness (QED) is 0.782. The fourth-order valence-corrected chi connectivity index (χ4v) is 4.00. The van der Waals surface area contributed by atoms with Crippen molar-refractivity contribution in [3.8, 4) is 0 Å². The van der Waals surface area contributed by atoms with E-state index in [2.05, 4.69) is 4.98 Å². The van der Waals surface area contributed by atoms with Gasteiger partial charge in [0.25, 0.3) is 11.8 Å². The molecule has 1 unspecified atom stereocenters. The predicted octanol–water partition coefficient (Wildman–Crippen LogP) is 2.96. The lowest BCUT2D eigenvalue weighted by Crippen LogP contribution is -2.55. The molecule has 0 N–H and O–H groups in total. The van der Waals surface area contributed by atoms with Gasteiger partial charge < -0.3 is 14.5 Å². The fraction of sp³-hybridized carbons (Fsp3) is 0.409. The van der Waals surface area contributed by atoms with E-state index in [-0.39, 0.29) is 24.2 Å². The van der Waals surface area contributed by atoms with Gasteiger partial charge in [0.2, 0.25) is 0 Å². The standard InChI is InChI=1S/C22H24FN3O3/c1-16-3-8-19(24-13-16)21(28)25-11-2-9-22(10-12-25)15-26(20(27)14-29-22)18-6-4-17(23)5-7-18/h3-8,13H,2,9-12,14-15H2,1H3. The highest BCUT2D eigenvalue weighted by Gasteiger charge is 2.42. The molecule has 152 valence electrons. The Morgan fingerprint density at radius 3 is 2.66 bits per heavy atom. The van der Waals surface area contributed by atoms with Gasteiger partial charge in [-0.25, -0.2) is 4.39 Å². The number of hydrogen-bond acceptors (Lipinski definition) is 4. The van der Waals surface area contributed by atoms with Crippen LogP contribution in [0, 0.1) is 12.7 Å². The number of benzene rings is 1. The first-order valence-corrected chi connectivity index (χ1v) is 9.88. The Morgan fingerprint density at radius 2 is 1.93 bits per heavy atom. The average molecular weight is 397 g/mol. The second-order valence-corrected chi connectivity index (χ2v) is 7.79. The lowest BCUT2D eigenvalue weighted by atomic mass is 9.92. The van der Waals surface area contributed by atoms with Crippen molar-refractivity contribution in [3.05, 3.63) is 59.7 Å². The first kappa shape index (κ1) is 19.5. The molecule has 0 radical (unpaired) electrons. The van der Waals surface area contributed by atoms with Gasteiger partial charge in [0.05, 0.1) is 12.1 Å². The van der Waals surface area contributed by atoms with Gasteiger partial charge >= 0.3 is 0 Å². The van der Waals surface area contributed by atoms with Crippen LogP contribution in [0.2, 0.25) is 0 Å². The molecule has 2 aromatic rings. The van der Waals surface area contributed by atoms with E-state index in [0.717, 1.165) is 18.4 Å². The number of hydrogen-bond donors (Lipinski definition) is 0. The van der Waals surface area contributed by atoms with E-state index in [1.807, 2.05) is 17.9 Å². The van der Waals surface area contributed by atoms with Gasteiger partial charge in [-0.3, -0.25) is 14.6 Å². The minimum absolute atomic E-state index is 0.00909. The molecule has 2 fully saturated rings. The molecule has 2 aliphatic rings. The summed E-state index contributed by atoms with van der Waals surface area (Å²) in [4.78, 5) is 33.0. The van der Waals surface area contributed by atoms with Crippen LogP contribution in [-0.2, 0) is 9.53 Å². The number of amides is 2. The Bertz CT molecular complexity index is 901. The van der Waals surface area contributed by atoms with Gasteiger partial charge in [-0.2, -0.15) is 0 Å². The van der Waals surface area contributed by atoms with Crippen LogP contribution in [0.4, 0.5) is 10.1 Å². The van der Waals surface area contributed by atoms with Crippen LogP contribution in [0.3, 0.4) is 0 Å². The van der Waals surface area contributed by atoms with E-state index in [0.29, 0.717) is 37.4 Å². The minimum atomic E-state index is -0.502. The fourth-order valence-electron chi connectivity index (χ4n) is 4.00. The molecule has 0 bridgehead atoms. The maximum atomic E-state index is 13.3. The predicted molar refractivity (Wildman–Crippen MR) is 106 cm³/mol. The second kappa shape index (κ2) is 7.91. The van der Waals surface area contributed by atoms with E-state index in [1.54, 1.807) is 29.3 Å². The number of carbonyl (C=O) groups excluding carboxylic acids is 2. The number of aromatic nitrogens is 1. The molecule has 2 amide bonds. The van der Waals surface area contributed by atoms with Crippen LogP contribution in [0.25, 0.3) is 0 Å². The van der Waals surface area contributed by atoms with E-state index in [4.69, 9.17) is 4.74 Å². The zero-order valence-electron chi connectivity index (χ0n) is 16.4. The lowest BCUT2D eigenvalue weighted by Gasteiger charge is -2.42. The highest BCUT2D eigenvalue weighted by Crippen LogP contribution is 2.33. The molecule has 3 heterocycles. The summed E-state index contributed by atoms with van der Waals surface area (Å²) in [6.07, 6.45) is 3.87. The number of carbonyl (C=O) groups is 2. The van der Waals surface area contributed by atoms with E-state index >= 15 is 0 Å². The number of halogens is 1. The molecule has 1 atom stereocenters. The molecular formula is C22H24FN3O3. The largest absolute Gasteiger partial charge is 0.363 e. The Labute approximate surface area is 169 Å². The molecule has 2 saturated heterocycles. The van der Waals surface area contributed by atoms with Crippen molar-refractivity contribution in [2.45, 2.75) is 31.8 Å². The summed E-state index contributed by atoms with van der Waals surface area (Å²) in [5, 5.41) is 0. The summed E-state index contributed by atoms with van der Waals surface area (Å²) in [5.74, 6) is -0.551. The number of aryl methyl sites for hydroxylation is 1. The van der Waals surface area contributed by atoms with Gasteiger partial charge in [0, 0.05) is 25.0 Å². The number of anilines is 1. The number of morpholine rings is 1. The summed E-state index contributed by atoms with van der Waals surface area (Å²) in [5.41, 5.74) is 1.62. The molecule has 1 spiro atoms. The normalized spacial score (nSPS) is 22.6. The van der Waals surface area contributed by atoms with E-state index in [1.165, 1.54) is 12.1 Å². The maximum absolute atomic E-state index is 13.3. The van der Waals surface area contributed by atoms with Gasteiger partial charge in [0.15, 0.2) is 0 Å². The highest BCUT2D eigenvalue weighted by molar-refractivity contribution is 5.95. The third-order valence-corrected chi connectivity index (χ3v) is 5.70. The molecule has 0 aliphatic carbocycles. The topological polar surface area (TPSA) is 62.7 Å². The molecule has 2 aliphatic heterocycles. The highest BCUT2D eigenvalue weighted by atomic mass is 19.1. The Balaban J connectivity index is 1.47. The molecule has 29 heavy (non-hydrogen) atoms. The smallest absolute Gasteiger partial charge is 0.272 e. The number of ether oxygens (including phenoxy) is 1. The van der Waals surface area contributed by atoms with Gasteiger partial charge in [-0.1, -0.05) is 6.07 Å². The first-order valence-electron chi connectivity index (χ1n) is 9.88. The SMILES string of the molecule is Cc1ccc(C(=O)N2CCCC3(CC2)CN(c2ccc(F)cc2)C(=O)CO3)nc1. The zero-order chi connectivity index (χ0) is 20.4. The van der Waals surface area contributed by atoms with Crippen molar-refractivity contribution in [3.63, 3.8) is 0 Å². The van der Waals surface area contributed by atoms with Crippen LogP contribution in [0.5, 0.6) is 0 Å².